The van der Waals surface area contributed by atoms with Crippen molar-refractivity contribution in [3.8, 4) is 0 Å². The molecule has 3 rings (SSSR count). The summed E-state index contributed by atoms with van der Waals surface area (Å²) in [4.78, 5) is 31.1. The maximum absolute atomic E-state index is 13.5. The van der Waals surface area contributed by atoms with Crippen LogP contribution in [0.1, 0.15) is 72.4 Å². The Morgan fingerprint density at radius 3 is 1.61 bits per heavy atom. The number of hydroxylamine groups is 6. The maximum atomic E-state index is 13.5. The Labute approximate surface area is 213 Å². The number of benzene rings is 1. The van der Waals surface area contributed by atoms with Gasteiger partial charge in [0.25, 0.3) is 0 Å². The average molecular weight is 498 g/mol. The summed E-state index contributed by atoms with van der Waals surface area (Å²) in [5.41, 5.74) is 2.47. The van der Waals surface area contributed by atoms with Crippen molar-refractivity contribution < 1.29 is 18.9 Å². The normalized spacial score (nSPS) is 13.4. The van der Waals surface area contributed by atoms with E-state index in [1.54, 1.807) is 12.1 Å². The first-order valence-electron chi connectivity index (χ1n) is 13.0. The van der Waals surface area contributed by atoms with Crippen LogP contribution in [0.2, 0.25) is 0 Å². The Kier molecular flexibility index (Phi) is 9.19. The van der Waals surface area contributed by atoms with Crippen molar-refractivity contribution in [3.63, 3.8) is 0 Å². The van der Waals surface area contributed by atoms with Crippen LogP contribution in [-0.4, -0.2) is 78.2 Å². The number of rotatable bonds is 14. The highest BCUT2D eigenvalue weighted by atomic mass is 16.5. The number of carbonyl (C=O) groups is 2. The van der Waals surface area contributed by atoms with Crippen molar-refractivity contribution in [1.82, 2.24) is 4.98 Å². The highest BCUT2D eigenvalue weighted by Crippen LogP contribution is 2.36. The topological polar surface area (TPSA) is 117 Å². The Morgan fingerprint density at radius 1 is 0.722 bits per heavy atom. The van der Waals surface area contributed by atoms with Crippen LogP contribution in [0.15, 0.2) is 30.6 Å². The number of nitrogens with one attached hydrogen (secondary N) is 2. The van der Waals surface area contributed by atoms with Gasteiger partial charge in [-0.2, -0.15) is 0 Å². The molecule has 1 aliphatic rings. The first-order chi connectivity index (χ1) is 17.2. The fraction of sp³-hybridized carbons (Fsp3) is 0.519. The van der Waals surface area contributed by atoms with Crippen molar-refractivity contribution in [1.29, 1.82) is 0 Å². The molecular formula is C27H39N5O4. The van der Waals surface area contributed by atoms with Crippen LogP contribution in [0.3, 0.4) is 0 Å². The molecule has 36 heavy (non-hydrogen) atoms. The SMILES string of the molecule is CC[N+]([O-])(CC)CCCNc1ccc(NCCC[N+]([O-])(CC)CC)c2c1C(=O)c1ccncc1C2=O. The zero-order chi connectivity index (χ0) is 26.3. The summed E-state index contributed by atoms with van der Waals surface area (Å²) < 4.78 is -0.502. The molecule has 0 unspecified atom stereocenters. The number of fused-ring (bicyclic) bond motifs is 2. The van der Waals surface area contributed by atoms with Gasteiger partial charge in [-0.05, 0) is 45.9 Å². The van der Waals surface area contributed by atoms with E-state index >= 15 is 0 Å². The largest absolute Gasteiger partial charge is 0.633 e. The van der Waals surface area contributed by atoms with Crippen LogP contribution in [0.4, 0.5) is 11.4 Å². The standard InChI is InChI=1S/C27H39N5O4/c1-5-31(35,6-2)17-9-14-29-22-11-12-23(30-15-10-18-32(36,7-3)8-4)25-24(22)26(33)20-13-16-28-19-21(20)27(25)34/h11-13,16,19,29-30H,5-10,14-15,17-18H2,1-4H3. The van der Waals surface area contributed by atoms with Gasteiger partial charge in [0.15, 0.2) is 11.6 Å². The van der Waals surface area contributed by atoms with Crippen LogP contribution in [0, 0.1) is 10.4 Å². The first-order valence-corrected chi connectivity index (χ1v) is 13.0. The second-order valence-corrected chi connectivity index (χ2v) is 9.38. The number of carbonyl (C=O) groups excluding carboxylic acids is 2. The molecule has 1 aromatic carbocycles. The van der Waals surface area contributed by atoms with Crippen molar-refractivity contribution >= 4 is 22.9 Å². The van der Waals surface area contributed by atoms with E-state index < -0.39 is 0 Å². The Hall–Kier alpha value is -2.85. The number of hydrogen-bond acceptors (Lipinski definition) is 7. The van der Waals surface area contributed by atoms with Crippen LogP contribution < -0.4 is 10.6 Å². The molecule has 0 radical (unpaired) electrons. The van der Waals surface area contributed by atoms with Crippen LogP contribution in [-0.2, 0) is 0 Å². The summed E-state index contributed by atoms with van der Waals surface area (Å²) in [6.07, 6.45) is 4.24. The van der Waals surface area contributed by atoms with Crippen molar-refractivity contribution in [2.45, 2.75) is 40.5 Å². The second kappa shape index (κ2) is 11.9. The summed E-state index contributed by atoms with van der Waals surface area (Å²) >= 11 is 0. The quantitative estimate of drug-likeness (QED) is 0.195. The van der Waals surface area contributed by atoms with Gasteiger partial charge in [-0.15, -0.1) is 0 Å². The Balaban J connectivity index is 1.83. The molecule has 0 saturated heterocycles. The molecular weight excluding hydrogens is 458 g/mol. The molecule has 2 N–H and O–H groups in total. The van der Waals surface area contributed by atoms with E-state index in [0.29, 0.717) is 98.8 Å². The number of quaternary nitrogens is 2. The van der Waals surface area contributed by atoms with Crippen molar-refractivity contribution in [2.75, 3.05) is 63.0 Å². The number of ketones is 2. The predicted octanol–water partition coefficient (Wildman–Crippen LogP) is 4.17. The van der Waals surface area contributed by atoms with Crippen LogP contribution in [0.5, 0.6) is 0 Å². The van der Waals surface area contributed by atoms with E-state index in [-0.39, 0.29) is 20.9 Å². The third kappa shape index (κ3) is 5.92. The lowest BCUT2D eigenvalue weighted by Crippen LogP contribution is -2.43. The smallest absolute Gasteiger partial charge is 0.198 e. The van der Waals surface area contributed by atoms with Crippen molar-refractivity contribution in [2.24, 2.45) is 0 Å². The van der Waals surface area contributed by atoms with E-state index in [1.807, 2.05) is 33.8 Å². The number of nitrogens with zero attached hydrogens (tertiary/aromatic N) is 3. The monoisotopic (exact) mass is 497 g/mol. The summed E-state index contributed by atoms with van der Waals surface area (Å²) in [7, 11) is 0. The third-order valence-electron chi connectivity index (χ3n) is 7.39. The maximum Gasteiger partial charge on any atom is 0.198 e. The van der Waals surface area contributed by atoms with Gasteiger partial charge < -0.3 is 30.3 Å². The molecule has 1 aliphatic carbocycles. The minimum absolute atomic E-state index is 0.226. The molecule has 2 aromatic rings. The molecule has 1 heterocycles. The summed E-state index contributed by atoms with van der Waals surface area (Å²) in [6.45, 7) is 11.6. The van der Waals surface area contributed by atoms with Gasteiger partial charge >= 0.3 is 0 Å². The van der Waals surface area contributed by atoms with E-state index in [4.69, 9.17) is 0 Å². The molecule has 0 amide bonds. The first kappa shape index (κ1) is 27.7. The molecule has 0 aliphatic heterocycles. The van der Waals surface area contributed by atoms with Crippen LogP contribution >= 0.6 is 0 Å². The van der Waals surface area contributed by atoms with Gasteiger partial charge in [-0.25, -0.2) is 0 Å². The summed E-state index contributed by atoms with van der Waals surface area (Å²) in [6, 6.07) is 5.19. The van der Waals surface area contributed by atoms with E-state index in [1.165, 1.54) is 12.4 Å². The van der Waals surface area contributed by atoms with Crippen LogP contribution in [0.25, 0.3) is 0 Å². The molecule has 196 valence electrons. The molecule has 9 heteroatoms. The van der Waals surface area contributed by atoms with Gasteiger partial charge in [-0.3, -0.25) is 14.6 Å². The molecule has 1 aromatic heterocycles. The fourth-order valence-corrected chi connectivity index (χ4v) is 4.67. The molecule has 0 saturated carbocycles. The Bertz CT molecular complexity index is 996. The lowest BCUT2D eigenvalue weighted by atomic mass is 9.83. The molecule has 9 nitrogen and oxygen atoms in total. The predicted molar refractivity (Wildman–Crippen MR) is 143 cm³/mol. The summed E-state index contributed by atoms with van der Waals surface area (Å²) in [5.74, 6) is -0.474. The number of hydrogen-bond donors (Lipinski definition) is 2. The van der Waals surface area contributed by atoms with Gasteiger partial charge in [0.2, 0.25) is 0 Å². The lowest BCUT2D eigenvalue weighted by molar-refractivity contribution is -0.877. The Morgan fingerprint density at radius 2 is 1.17 bits per heavy atom. The molecule has 0 fully saturated rings. The molecule has 0 atom stereocenters. The van der Waals surface area contributed by atoms with E-state index in [2.05, 4.69) is 15.6 Å². The van der Waals surface area contributed by atoms with Gasteiger partial charge in [-0.1, -0.05) is 0 Å². The fourth-order valence-electron chi connectivity index (χ4n) is 4.67. The highest BCUT2D eigenvalue weighted by molar-refractivity contribution is 6.31. The molecule has 0 spiro atoms. The number of anilines is 2. The van der Waals surface area contributed by atoms with E-state index in [9.17, 15) is 20.0 Å². The third-order valence-corrected chi connectivity index (χ3v) is 7.39. The van der Waals surface area contributed by atoms with Crippen molar-refractivity contribution in [3.05, 3.63) is 63.3 Å². The average Bonchev–Trinajstić information content (AvgIpc) is 2.91. The zero-order valence-electron chi connectivity index (χ0n) is 21.9. The zero-order valence-corrected chi connectivity index (χ0v) is 21.9. The highest BCUT2D eigenvalue weighted by Gasteiger charge is 2.34. The molecule has 0 bridgehead atoms. The van der Waals surface area contributed by atoms with E-state index in [0.717, 1.165) is 0 Å². The van der Waals surface area contributed by atoms with Gasteiger partial charge in [0.05, 0.1) is 56.0 Å². The van der Waals surface area contributed by atoms with Gasteiger partial charge in [0.1, 0.15) is 0 Å². The minimum atomic E-state index is -0.251. The minimum Gasteiger partial charge on any atom is -0.633 e. The summed E-state index contributed by atoms with van der Waals surface area (Å²) in [5, 5.41) is 31.7. The second-order valence-electron chi connectivity index (χ2n) is 9.38. The number of pyridine rings is 1. The van der Waals surface area contributed by atoms with Gasteiger partial charge in [0, 0.05) is 55.3 Å². The number of aromatic nitrogens is 1. The lowest BCUT2D eigenvalue weighted by Gasteiger charge is -2.41.